The van der Waals surface area contributed by atoms with Crippen LogP contribution in [0.2, 0.25) is 0 Å². The maximum atomic E-state index is 12.3. The van der Waals surface area contributed by atoms with Crippen LogP contribution in [0.4, 0.5) is 5.82 Å². The summed E-state index contributed by atoms with van der Waals surface area (Å²) in [6.45, 7) is 7.66. The van der Waals surface area contributed by atoms with E-state index in [1.165, 1.54) is 16.9 Å². The zero-order valence-corrected chi connectivity index (χ0v) is 20.9. The number of aliphatic hydroxyl groups excluding tert-OH is 1. The van der Waals surface area contributed by atoms with Gasteiger partial charge >= 0.3 is 11.9 Å². The molecule has 13 nitrogen and oxygen atoms in total. The van der Waals surface area contributed by atoms with Gasteiger partial charge in [0.2, 0.25) is 5.60 Å². The lowest BCUT2D eigenvalue weighted by atomic mass is 9.92. The van der Waals surface area contributed by atoms with Gasteiger partial charge in [0, 0.05) is 0 Å². The van der Waals surface area contributed by atoms with Gasteiger partial charge in [-0.2, -0.15) is 10.4 Å². The van der Waals surface area contributed by atoms with Crippen molar-refractivity contribution in [1.29, 1.82) is 5.26 Å². The van der Waals surface area contributed by atoms with E-state index >= 15 is 0 Å². The van der Waals surface area contributed by atoms with Gasteiger partial charge in [-0.1, -0.05) is 13.8 Å². The fraction of sp³-hybridized carbons (Fsp3) is 0.609. The molecule has 1 fully saturated rings. The number of hydrogen-bond donors (Lipinski definition) is 3. The fourth-order valence-electron chi connectivity index (χ4n) is 3.65. The van der Waals surface area contributed by atoms with Crippen LogP contribution in [0.1, 0.15) is 40.3 Å². The third kappa shape index (κ3) is 5.12. The first-order chi connectivity index (χ1) is 16.8. The van der Waals surface area contributed by atoms with Crippen molar-refractivity contribution in [3.8, 4) is 6.07 Å². The lowest BCUT2D eigenvalue weighted by molar-refractivity contribution is -0.178. The first-order valence-corrected chi connectivity index (χ1v) is 11.4. The summed E-state index contributed by atoms with van der Waals surface area (Å²) in [5.74, 6) is -1.22. The van der Waals surface area contributed by atoms with Gasteiger partial charge < -0.3 is 35.5 Å². The van der Waals surface area contributed by atoms with Crippen molar-refractivity contribution in [2.75, 3.05) is 19.1 Å². The lowest BCUT2D eigenvalue weighted by Gasteiger charge is -2.25. The van der Waals surface area contributed by atoms with Crippen LogP contribution in [-0.4, -0.2) is 69.4 Å². The molecule has 2 aromatic rings. The van der Waals surface area contributed by atoms with Gasteiger partial charge in [-0.3, -0.25) is 9.59 Å². The number of carbonyl (C=O) groups excluding carboxylic acids is 2. The van der Waals surface area contributed by atoms with Crippen LogP contribution in [0, 0.1) is 22.7 Å². The highest BCUT2D eigenvalue weighted by molar-refractivity contribution is 5.76. The summed E-state index contributed by atoms with van der Waals surface area (Å²) in [4.78, 5) is 28.4. The van der Waals surface area contributed by atoms with Crippen molar-refractivity contribution in [3.05, 3.63) is 24.2 Å². The quantitative estimate of drug-likeness (QED) is 0.328. The highest BCUT2D eigenvalue weighted by atomic mass is 16.7. The van der Waals surface area contributed by atoms with Gasteiger partial charge in [0.05, 0.1) is 11.1 Å². The van der Waals surface area contributed by atoms with Crippen LogP contribution in [0.5, 0.6) is 0 Å². The molecule has 0 spiro atoms. The monoisotopic (exact) mass is 504 g/mol. The van der Waals surface area contributed by atoms with Gasteiger partial charge in [0.15, 0.2) is 12.6 Å². The minimum absolute atomic E-state index is 0.159. The summed E-state index contributed by atoms with van der Waals surface area (Å²) in [6, 6.07) is 4.23. The molecule has 5 atom stereocenters. The molecule has 3 rings (SSSR count). The summed E-state index contributed by atoms with van der Waals surface area (Å²) in [5.41, 5.74) is 9.56. The average molecular weight is 505 g/mol. The molecule has 0 bridgehead atoms. The molecule has 36 heavy (non-hydrogen) atoms. The summed E-state index contributed by atoms with van der Waals surface area (Å²) in [5, 5.41) is 25.6. The van der Waals surface area contributed by atoms with E-state index in [9.17, 15) is 20.0 Å². The number of esters is 2. The van der Waals surface area contributed by atoms with E-state index in [0.29, 0.717) is 5.52 Å². The summed E-state index contributed by atoms with van der Waals surface area (Å²) < 4.78 is 23.5. The maximum Gasteiger partial charge on any atom is 0.323 e. The van der Waals surface area contributed by atoms with E-state index in [4.69, 9.17) is 30.4 Å². The van der Waals surface area contributed by atoms with E-state index in [2.05, 4.69) is 10.1 Å². The Kier molecular flexibility index (Phi) is 7.85. The largest absolute Gasteiger partial charge is 0.462 e. The highest BCUT2D eigenvalue weighted by Gasteiger charge is 2.59. The number of hydrogen-bond acceptors (Lipinski definition) is 12. The minimum atomic E-state index is -1.98. The van der Waals surface area contributed by atoms with Crippen LogP contribution in [0.3, 0.4) is 0 Å². The number of nitrogen functional groups attached to an aromatic ring is 1. The van der Waals surface area contributed by atoms with Crippen molar-refractivity contribution < 1.29 is 33.6 Å². The van der Waals surface area contributed by atoms with Crippen LogP contribution in [0.15, 0.2) is 18.5 Å². The van der Waals surface area contributed by atoms with Crippen molar-refractivity contribution in [3.63, 3.8) is 0 Å². The molecule has 0 radical (unpaired) electrons. The van der Waals surface area contributed by atoms with E-state index in [-0.39, 0.29) is 24.0 Å². The number of carbonyl (C=O) groups is 2. The van der Waals surface area contributed by atoms with E-state index in [0.717, 1.165) is 0 Å². The summed E-state index contributed by atoms with van der Waals surface area (Å²) in [7, 11) is 0. The summed E-state index contributed by atoms with van der Waals surface area (Å²) in [6.07, 6.45) is -2.72. The first-order valence-electron chi connectivity index (χ1n) is 11.4. The van der Waals surface area contributed by atoms with Crippen molar-refractivity contribution in [2.45, 2.75) is 64.6 Å². The smallest absolute Gasteiger partial charge is 0.323 e. The van der Waals surface area contributed by atoms with Gasteiger partial charge in [-0.25, -0.2) is 9.50 Å². The van der Waals surface area contributed by atoms with Crippen molar-refractivity contribution in [2.24, 2.45) is 17.1 Å². The molecule has 0 saturated carbocycles. The number of fused-ring (bicyclic) bond motifs is 1. The molecular weight excluding hydrogens is 472 g/mol. The first kappa shape index (κ1) is 27.3. The SMILES string of the molecule is CC(C)[C@H](N)C(=O)OC[C@H]1O[C@@](C#N)(c2ccc3c(N)ncnn23)[C@H](O)[C@@H]1OCOC(=O)C(C)(C)C. The van der Waals surface area contributed by atoms with E-state index in [1.807, 2.05) is 6.07 Å². The molecule has 1 saturated heterocycles. The fourth-order valence-corrected chi connectivity index (χ4v) is 3.65. The van der Waals surface area contributed by atoms with Crippen LogP contribution < -0.4 is 11.5 Å². The topological polar surface area (TPSA) is 197 Å². The predicted octanol–water partition coefficient (Wildman–Crippen LogP) is 0.249. The number of aliphatic hydroxyl groups is 1. The van der Waals surface area contributed by atoms with Gasteiger partial charge in [-0.05, 0) is 38.8 Å². The minimum Gasteiger partial charge on any atom is -0.462 e. The molecule has 5 N–H and O–H groups in total. The molecule has 0 aliphatic carbocycles. The Hall–Kier alpha value is -3.31. The Balaban J connectivity index is 1.91. The number of nitrogens with zero attached hydrogens (tertiary/aromatic N) is 4. The highest BCUT2D eigenvalue weighted by Crippen LogP contribution is 2.41. The van der Waals surface area contributed by atoms with Crippen molar-refractivity contribution >= 4 is 23.3 Å². The zero-order chi connectivity index (χ0) is 26.8. The molecule has 196 valence electrons. The third-order valence-electron chi connectivity index (χ3n) is 5.90. The van der Waals surface area contributed by atoms with Gasteiger partial charge in [0.1, 0.15) is 48.9 Å². The normalized spacial score (nSPS) is 25.0. The molecule has 0 amide bonds. The van der Waals surface area contributed by atoms with Crippen LogP contribution in [-0.2, 0) is 34.1 Å². The van der Waals surface area contributed by atoms with Crippen LogP contribution >= 0.6 is 0 Å². The molecular formula is C23H32N6O7. The number of nitrogens with two attached hydrogens (primary N) is 2. The van der Waals surface area contributed by atoms with E-state index < -0.39 is 54.1 Å². The number of nitriles is 1. The maximum absolute atomic E-state index is 12.3. The molecule has 1 aliphatic rings. The number of aromatic nitrogens is 3. The second-order valence-electron chi connectivity index (χ2n) is 9.94. The Labute approximate surface area is 208 Å². The Morgan fingerprint density at radius 2 is 2.03 bits per heavy atom. The number of ether oxygens (including phenoxy) is 4. The number of anilines is 1. The molecule has 0 aromatic carbocycles. The average Bonchev–Trinajstić information content (AvgIpc) is 3.37. The lowest BCUT2D eigenvalue weighted by Crippen LogP contribution is -2.43. The Morgan fingerprint density at radius 1 is 1.33 bits per heavy atom. The second-order valence-corrected chi connectivity index (χ2v) is 9.94. The zero-order valence-electron chi connectivity index (χ0n) is 20.9. The van der Waals surface area contributed by atoms with E-state index in [1.54, 1.807) is 40.7 Å². The van der Waals surface area contributed by atoms with Crippen LogP contribution in [0.25, 0.3) is 5.52 Å². The Morgan fingerprint density at radius 3 is 2.64 bits per heavy atom. The number of rotatable bonds is 8. The van der Waals surface area contributed by atoms with Crippen molar-refractivity contribution in [1.82, 2.24) is 14.6 Å². The standard InChI is InChI=1S/C23H32N6O7/c1-12(2)16(25)20(31)33-8-14-17(34-11-35-21(32)22(3,4)5)18(30)23(9-24,36-14)15-7-6-13-19(26)27-10-28-29(13)15/h6-7,10,12,14,16-18,30H,8,11,25H2,1-5H3,(H2,26,27,28)/t14-,16+,17-,18-,23+/m1/s1. The molecule has 2 aromatic heterocycles. The Bertz CT molecular complexity index is 1150. The van der Waals surface area contributed by atoms with Gasteiger partial charge in [0.25, 0.3) is 0 Å². The molecule has 3 heterocycles. The second kappa shape index (κ2) is 10.4. The molecule has 13 heteroatoms. The van der Waals surface area contributed by atoms with Gasteiger partial charge in [-0.15, -0.1) is 0 Å². The third-order valence-corrected chi connectivity index (χ3v) is 5.90. The molecule has 0 unspecified atom stereocenters. The predicted molar refractivity (Wildman–Crippen MR) is 125 cm³/mol. The summed E-state index contributed by atoms with van der Waals surface area (Å²) >= 11 is 0. The molecule has 1 aliphatic heterocycles.